The van der Waals surface area contributed by atoms with Gasteiger partial charge >= 0.3 is 6.09 Å². The summed E-state index contributed by atoms with van der Waals surface area (Å²) >= 11 is 1.15. The van der Waals surface area contributed by atoms with Crippen LogP contribution in [0.1, 0.15) is 6.92 Å². The van der Waals surface area contributed by atoms with Crippen molar-refractivity contribution in [3.05, 3.63) is 64.7 Å². The first-order chi connectivity index (χ1) is 17.5. The smallest absolute Gasteiger partial charge is 0.409 e. The number of rotatable bonds is 5. The summed E-state index contributed by atoms with van der Waals surface area (Å²) in [6, 6.07) is 13.1. The van der Waals surface area contributed by atoms with E-state index in [9.17, 15) is 18.8 Å². The van der Waals surface area contributed by atoms with Crippen molar-refractivity contribution < 1.29 is 18.7 Å². The Morgan fingerprint density at radius 1 is 1.06 bits per heavy atom. The van der Waals surface area contributed by atoms with Crippen LogP contribution >= 0.6 is 11.8 Å². The molecule has 0 saturated carbocycles. The fraction of sp³-hybridized carbons (Fsp3) is 0.280. The molecule has 1 aliphatic rings. The van der Waals surface area contributed by atoms with Crippen molar-refractivity contribution in [1.29, 1.82) is 0 Å². The highest BCUT2D eigenvalue weighted by molar-refractivity contribution is 7.99. The number of carbonyl (C=O) groups is 2. The number of fused-ring (bicyclic) bond motifs is 3. The lowest BCUT2D eigenvalue weighted by Gasteiger charge is -2.34. The Balaban J connectivity index is 1.43. The second-order valence-electron chi connectivity index (χ2n) is 8.26. The van der Waals surface area contributed by atoms with Gasteiger partial charge in [0, 0.05) is 37.1 Å². The fourth-order valence-corrected chi connectivity index (χ4v) is 5.14. The standard InChI is InChI=1S/C25H24FN5O4S/c1-2-35-25(34)30-13-11-29(12-14-30)20(32)15-36-24-28-21-18-5-3-4-6-19(18)27-22(21)23(33)31(24)17-9-7-16(26)8-10-17/h3-10,27H,2,11-15H2,1H3. The highest BCUT2D eigenvalue weighted by Gasteiger charge is 2.25. The van der Waals surface area contributed by atoms with Crippen molar-refractivity contribution in [1.82, 2.24) is 24.3 Å². The number of benzene rings is 2. The van der Waals surface area contributed by atoms with Crippen LogP contribution in [0.2, 0.25) is 0 Å². The van der Waals surface area contributed by atoms with Gasteiger partial charge < -0.3 is 19.5 Å². The van der Waals surface area contributed by atoms with Crippen LogP contribution < -0.4 is 5.56 Å². The molecule has 36 heavy (non-hydrogen) atoms. The highest BCUT2D eigenvalue weighted by Crippen LogP contribution is 2.26. The lowest BCUT2D eigenvalue weighted by Crippen LogP contribution is -2.51. The number of halogens is 1. The van der Waals surface area contributed by atoms with Crippen LogP contribution in [0.15, 0.2) is 58.5 Å². The summed E-state index contributed by atoms with van der Waals surface area (Å²) in [4.78, 5) is 49.6. The Morgan fingerprint density at radius 3 is 2.47 bits per heavy atom. The number of para-hydroxylation sites is 1. The molecule has 0 bridgehead atoms. The predicted octanol–water partition coefficient (Wildman–Crippen LogP) is 3.40. The summed E-state index contributed by atoms with van der Waals surface area (Å²) in [5.41, 5.74) is 1.76. The molecule has 1 saturated heterocycles. The third-order valence-electron chi connectivity index (χ3n) is 6.06. The number of aromatic amines is 1. The monoisotopic (exact) mass is 509 g/mol. The molecule has 0 spiro atoms. The zero-order valence-electron chi connectivity index (χ0n) is 19.6. The lowest BCUT2D eigenvalue weighted by molar-refractivity contribution is -0.129. The van der Waals surface area contributed by atoms with Gasteiger partial charge in [-0.1, -0.05) is 30.0 Å². The number of carbonyl (C=O) groups excluding carboxylic acids is 2. The first-order valence-corrected chi connectivity index (χ1v) is 12.6. The molecule has 1 aliphatic heterocycles. The van der Waals surface area contributed by atoms with Gasteiger partial charge in [-0.05, 0) is 37.3 Å². The maximum atomic E-state index is 13.6. The van der Waals surface area contributed by atoms with E-state index in [0.717, 1.165) is 22.7 Å². The third-order valence-corrected chi connectivity index (χ3v) is 6.99. The minimum Gasteiger partial charge on any atom is -0.450 e. The minimum atomic E-state index is -0.419. The Labute approximate surface area is 209 Å². The van der Waals surface area contributed by atoms with Crippen LogP contribution in [-0.2, 0) is 9.53 Å². The van der Waals surface area contributed by atoms with Crippen LogP contribution in [0.3, 0.4) is 0 Å². The van der Waals surface area contributed by atoms with Gasteiger partial charge in [-0.3, -0.25) is 14.2 Å². The minimum absolute atomic E-state index is 0.0565. The van der Waals surface area contributed by atoms with Gasteiger partial charge in [0.25, 0.3) is 5.56 Å². The Bertz CT molecular complexity index is 1490. The zero-order chi connectivity index (χ0) is 25.2. The maximum Gasteiger partial charge on any atom is 0.409 e. The number of hydrogen-bond donors (Lipinski definition) is 1. The van der Waals surface area contributed by atoms with E-state index in [1.807, 2.05) is 24.3 Å². The summed E-state index contributed by atoms with van der Waals surface area (Å²) < 4.78 is 20.0. The summed E-state index contributed by atoms with van der Waals surface area (Å²) in [6.45, 7) is 3.65. The molecule has 1 fully saturated rings. The largest absolute Gasteiger partial charge is 0.450 e. The molecule has 0 unspecified atom stereocenters. The van der Waals surface area contributed by atoms with Crippen molar-refractivity contribution in [2.45, 2.75) is 12.1 Å². The summed E-state index contributed by atoms with van der Waals surface area (Å²) in [6.07, 6.45) is -0.376. The van der Waals surface area contributed by atoms with Gasteiger partial charge in [-0.25, -0.2) is 14.2 Å². The SMILES string of the molecule is CCOC(=O)N1CCN(C(=O)CSc2nc3c([nH]c4ccccc43)c(=O)n2-c2ccc(F)cc2)CC1. The van der Waals surface area contributed by atoms with Crippen LogP contribution in [0.5, 0.6) is 0 Å². The summed E-state index contributed by atoms with van der Waals surface area (Å²) in [7, 11) is 0. The van der Waals surface area contributed by atoms with Gasteiger partial charge in [-0.2, -0.15) is 0 Å². The average Bonchev–Trinajstić information content (AvgIpc) is 3.27. The molecule has 2 aromatic carbocycles. The van der Waals surface area contributed by atoms with Gasteiger partial charge in [0.05, 0.1) is 18.0 Å². The molecular formula is C25H24FN5O4S. The van der Waals surface area contributed by atoms with Gasteiger partial charge in [0.2, 0.25) is 5.91 Å². The quantitative estimate of drug-likeness (QED) is 0.327. The van der Waals surface area contributed by atoms with Crippen molar-refractivity contribution in [3.63, 3.8) is 0 Å². The average molecular weight is 510 g/mol. The van der Waals surface area contributed by atoms with E-state index in [1.54, 1.807) is 16.7 Å². The Hall–Kier alpha value is -3.86. The number of H-pyrrole nitrogens is 1. The molecule has 2 aromatic heterocycles. The number of thioether (sulfide) groups is 1. The number of nitrogens with one attached hydrogen (secondary N) is 1. The number of nitrogens with zero attached hydrogens (tertiary/aromatic N) is 4. The fourth-order valence-electron chi connectivity index (χ4n) is 4.23. The predicted molar refractivity (Wildman–Crippen MR) is 135 cm³/mol. The van der Waals surface area contributed by atoms with E-state index in [0.29, 0.717) is 54.7 Å². The topological polar surface area (TPSA) is 101 Å². The highest BCUT2D eigenvalue weighted by atomic mass is 32.2. The van der Waals surface area contributed by atoms with E-state index >= 15 is 0 Å². The molecule has 1 N–H and O–H groups in total. The Morgan fingerprint density at radius 2 is 1.75 bits per heavy atom. The van der Waals surface area contributed by atoms with Gasteiger partial charge in [-0.15, -0.1) is 0 Å². The summed E-state index contributed by atoms with van der Waals surface area (Å²) in [5, 5.41) is 1.14. The van der Waals surface area contributed by atoms with Crippen LogP contribution in [0, 0.1) is 5.82 Å². The molecule has 0 radical (unpaired) electrons. The second-order valence-corrected chi connectivity index (χ2v) is 9.20. The Kier molecular flexibility index (Phi) is 6.64. The molecule has 0 aliphatic carbocycles. The van der Waals surface area contributed by atoms with Crippen molar-refractivity contribution >= 4 is 45.7 Å². The molecule has 9 nitrogen and oxygen atoms in total. The first kappa shape index (κ1) is 23.9. The van der Waals surface area contributed by atoms with Crippen LogP contribution in [-0.4, -0.2) is 74.9 Å². The first-order valence-electron chi connectivity index (χ1n) is 11.6. The molecule has 0 atom stereocenters. The summed E-state index contributed by atoms with van der Waals surface area (Å²) in [5.74, 6) is -0.485. The van der Waals surface area contributed by atoms with Gasteiger partial charge in [0.1, 0.15) is 16.9 Å². The zero-order valence-corrected chi connectivity index (χ0v) is 20.4. The number of amides is 2. The molecule has 3 heterocycles. The molecule has 4 aromatic rings. The molecule has 5 rings (SSSR count). The van der Waals surface area contributed by atoms with Crippen molar-refractivity contribution in [2.24, 2.45) is 0 Å². The van der Waals surface area contributed by atoms with Crippen molar-refractivity contribution in [3.8, 4) is 5.69 Å². The van der Waals surface area contributed by atoms with Gasteiger partial charge in [0.15, 0.2) is 5.16 Å². The number of aromatic nitrogens is 3. The molecule has 2 amide bonds. The maximum absolute atomic E-state index is 13.6. The van der Waals surface area contributed by atoms with E-state index in [2.05, 4.69) is 4.98 Å². The molecule has 186 valence electrons. The van der Waals surface area contributed by atoms with Crippen molar-refractivity contribution in [2.75, 3.05) is 38.5 Å². The van der Waals surface area contributed by atoms with E-state index in [4.69, 9.17) is 9.72 Å². The normalized spacial score (nSPS) is 13.9. The van der Waals surface area contributed by atoms with E-state index < -0.39 is 5.82 Å². The number of ether oxygens (including phenoxy) is 1. The van der Waals surface area contributed by atoms with E-state index in [1.165, 1.54) is 28.8 Å². The molecular weight excluding hydrogens is 485 g/mol. The van der Waals surface area contributed by atoms with E-state index in [-0.39, 0.29) is 23.3 Å². The number of piperazine rings is 1. The lowest BCUT2D eigenvalue weighted by atomic mass is 10.2. The second kappa shape index (κ2) is 10.0. The van der Waals surface area contributed by atoms with Crippen LogP contribution in [0.4, 0.5) is 9.18 Å². The molecule has 11 heteroatoms. The third kappa shape index (κ3) is 4.53. The van der Waals surface area contributed by atoms with Crippen LogP contribution in [0.25, 0.3) is 27.6 Å². The number of hydrogen-bond acceptors (Lipinski definition) is 6.